The molecule has 50 heavy (non-hydrogen) atoms. The van der Waals surface area contributed by atoms with E-state index < -0.39 is 0 Å². The van der Waals surface area contributed by atoms with Crippen LogP contribution in [-0.4, -0.2) is 78.2 Å². The Morgan fingerprint density at radius 3 is 2.04 bits per heavy atom. The van der Waals surface area contributed by atoms with Crippen molar-refractivity contribution in [2.75, 3.05) is 63.2 Å². The van der Waals surface area contributed by atoms with Gasteiger partial charge < -0.3 is 14.8 Å². The van der Waals surface area contributed by atoms with Gasteiger partial charge in [-0.05, 0) is 58.8 Å². The Balaban J connectivity index is 1.17. The molecule has 1 aromatic heterocycles. The highest BCUT2D eigenvalue weighted by atomic mass is 16.5. The highest BCUT2D eigenvalue weighted by molar-refractivity contribution is 6.09. The lowest BCUT2D eigenvalue weighted by molar-refractivity contribution is 0.0309. The number of hydrogen-bond donors (Lipinski definition) is 2. The largest absolute Gasteiger partial charge is 0.379 e. The average molecular weight is 673 g/mol. The molecule has 0 radical (unpaired) electrons. The van der Waals surface area contributed by atoms with E-state index in [0.717, 1.165) is 105 Å². The molecular weight excluding hydrogens is 624 g/mol. The van der Waals surface area contributed by atoms with Gasteiger partial charge in [0.05, 0.1) is 43.5 Å². The van der Waals surface area contributed by atoms with E-state index in [2.05, 4.69) is 103 Å². The number of carbonyl (C=O) groups excluding carboxylic acids is 1. The molecule has 0 spiro atoms. The van der Waals surface area contributed by atoms with Crippen LogP contribution in [0.1, 0.15) is 43.2 Å². The van der Waals surface area contributed by atoms with Crippen LogP contribution in [0.5, 0.6) is 0 Å². The van der Waals surface area contributed by atoms with Crippen molar-refractivity contribution in [3.63, 3.8) is 0 Å². The molecule has 0 saturated carbocycles. The molecule has 5 aromatic rings. The lowest BCUT2D eigenvalue weighted by atomic mass is 9.92. The monoisotopic (exact) mass is 672 g/mol. The van der Waals surface area contributed by atoms with Gasteiger partial charge in [-0.25, -0.2) is 9.48 Å². The highest BCUT2D eigenvalue weighted by Crippen LogP contribution is 2.35. The third kappa shape index (κ3) is 7.76. The normalized spacial score (nSPS) is 16.1. The Morgan fingerprint density at radius 2 is 1.38 bits per heavy atom. The van der Waals surface area contributed by atoms with Gasteiger partial charge in [-0.1, -0.05) is 80.9 Å². The van der Waals surface area contributed by atoms with E-state index in [9.17, 15) is 4.79 Å². The molecule has 260 valence electrons. The quantitative estimate of drug-likeness (QED) is 0.177. The maximum atomic E-state index is 13.6. The molecule has 9 nitrogen and oxygen atoms in total. The molecule has 4 aromatic carbocycles. The number of fused-ring (bicyclic) bond motifs is 1. The first-order valence-corrected chi connectivity index (χ1v) is 17.7. The van der Waals surface area contributed by atoms with Crippen LogP contribution in [0.3, 0.4) is 0 Å². The van der Waals surface area contributed by atoms with Gasteiger partial charge >= 0.3 is 6.03 Å². The standard InChI is InChI=1S/C41H48N6O3/c1-29-9-13-33(14-10-29)47-39(26-38(44-47)41(2,3)4)43-40(48)42-37-16-15-34(35-7-5-6-8-36(35)37)30-11-12-31(27-45-17-21-49-22-18-45)32(25-30)28-46-19-23-50-24-20-46/h5-16,25-26H,17-24,27-28H2,1-4H3,(H2,42,43,48). The number of nitrogens with zero attached hydrogens (tertiary/aromatic N) is 4. The van der Waals surface area contributed by atoms with Gasteiger partial charge in [-0.2, -0.15) is 5.10 Å². The molecule has 2 saturated heterocycles. The summed E-state index contributed by atoms with van der Waals surface area (Å²) in [4.78, 5) is 18.6. The zero-order valence-electron chi connectivity index (χ0n) is 29.7. The van der Waals surface area contributed by atoms with Crippen molar-refractivity contribution < 1.29 is 14.3 Å². The summed E-state index contributed by atoms with van der Waals surface area (Å²) in [7, 11) is 0. The summed E-state index contributed by atoms with van der Waals surface area (Å²) in [5.41, 5.74) is 8.53. The van der Waals surface area contributed by atoms with E-state index in [1.165, 1.54) is 16.7 Å². The first-order chi connectivity index (χ1) is 24.2. The molecule has 9 heteroatoms. The third-order valence-corrected chi connectivity index (χ3v) is 9.68. The summed E-state index contributed by atoms with van der Waals surface area (Å²) in [5, 5.41) is 13.2. The van der Waals surface area contributed by atoms with E-state index in [0.29, 0.717) is 5.82 Å². The fourth-order valence-corrected chi connectivity index (χ4v) is 6.74. The molecule has 2 amide bonds. The van der Waals surface area contributed by atoms with Crippen molar-refractivity contribution in [1.82, 2.24) is 19.6 Å². The average Bonchev–Trinajstić information content (AvgIpc) is 3.55. The third-order valence-electron chi connectivity index (χ3n) is 9.68. The van der Waals surface area contributed by atoms with Crippen molar-refractivity contribution >= 4 is 28.3 Å². The molecule has 2 aliphatic heterocycles. The Labute approximate surface area is 295 Å². The summed E-state index contributed by atoms with van der Waals surface area (Å²) >= 11 is 0. The topological polar surface area (TPSA) is 83.9 Å². The van der Waals surface area contributed by atoms with Crippen LogP contribution in [0, 0.1) is 6.92 Å². The molecule has 2 aliphatic rings. The van der Waals surface area contributed by atoms with Crippen LogP contribution >= 0.6 is 0 Å². The van der Waals surface area contributed by atoms with Gasteiger partial charge in [0.25, 0.3) is 0 Å². The number of urea groups is 1. The van der Waals surface area contributed by atoms with E-state index in [-0.39, 0.29) is 11.4 Å². The SMILES string of the molecule is Cc1ccc(-n2nc(C(C)(C)C)cc2NC(=O)Nc2ccc(-c3ccc(CN4CCOCC4)c(CN4CCOCC4)c3)c3ccccc23)cc1. The number of rotatable bonds is 8. The maximum Gasteiger partial charge on any atom is 0.324 e. The van der Waals surface area contributed by atoms with Crippen LogP contribution in [0.15, 0.2) is 84.9 Å². The van der Waals surface area contributed by atoms with Crippen LogP contribution in [0.4, 0.5) is 16.3 Å². The molecule has 0 aliphatic carbocycles. The molecule has 2 fully saturated rings. The summed E-state index contributed by atoms with van der Waals surface area (Å²) in [5.74, 6) is 0.613. The van der Waals surface area contributed by atoms with E-state index >= 15 is 0 Å². The van der Waals surface area contributed by atoms with Gasteiger partial charge in [0.15, 0.2) is 0 Å². The molecule has 0 atom stereocenters. The highest BCUT2D eigenvalue weighted by Gasteiger charge is 2.22. The number of nitrogens with one attached hydrogen (secondary N) is 2. The molecule has 0 bridgehead atoms. The predicted octanol–water partition coefficient (Wildman–Crippen LogP) is 7.61. The number of aromatic nitrogens is 2. The lowest BCUT2D eigenvalue weighted by Crippen LogP contribution is -2.37. The number of anilines is 2. The first-order valence-electron chi connectivity index (χ1n) is 17.7. The maximum absolute atomic E-state index is 13.6. The number of carbonyl (C=O) groups is 1. The lowest BCUT2D eigenvalue weighted by Gasteiger charge is -2.30. The van der Waals surface area contributed by atoms with Gasteiger partial charge in [-0.3, -0.25) is 15.1 Å². The second kappa shape index (κ2) is 14.7. The molecule has 3 heterocycles. The number of amides is 2. The number of aryl methyl sites for hydroxylation is 1. The van der Waals surface area contributed by atoms with E-state index in [1.54, 1.807) is 4.68 Å². The van der Waals surface area contributed by atoms with Gasteiger partial charge in [0.1, 0.15) is 5.82 Å². The Hall–Kier alpha value is -4.54. The smallest absolute Gasteiger partial charge is 0.324 e. The van der Waals surface area contributed by atoms with Crippen molar-refractivity contribution in [2.45, 2.75) is 46.2 Å². The predicted molar refractivity (Wildman–Crippen MR) is 201 cm³/mol. The van der Waals surface area contributed by atoms with Crippen LogP contribution in [0.2, 0.25) is 0 Å². The minimum absolute atomic E-state index is 0.183. The fraction of sp³-hybridized carbons (Fsp3) is 0.366. The number of benzene rings is 4. The second-order valence-electron chi connectivity index (χ2n) is 14.5. The Kier molecular flexibility index (Phi) is 10.0. The number of hydrogen-bond acceptors (Lipinski definition) is 6. The number of morpholine rings is 2. The van der Waals surface area contributed by atoms with E-state index in [4.69, 9.17) is 14.6 Å². The van der Waals surface area contributed by atoms with Gasteiger partial charge in [-0.15, -0.1) is 0 Å². The summed E-state index contributed by atoms with van der Waals surface area (Å²) in [6.45, 7) is 17.1. The van der Waals surface area contributed by atoms with Crippen molar-refractivity contribution in [3.8, 4) is 16.8 Å². The fourth-order valence-electron chi connectivity index (χ4n) is 6.74. The van der Waals surface area contributed by atoms with E-state index in [1.807, 2.05) is 30.3 Å². The summed E-state index contributed by atoms with van der Waals surface area (Å²) in [6.07, 6.45) is 0. The molecular formula is C41H48N6O3. The summed E-state index contributed by atoms with van der Waals surface area (Å²) < 4.78 is 13.1. The minimum Gasteiger partial charge on any atom is -0.379 e. The Morgan fingerprint density at radius 1 is 0.740 bits per heavy atom. The minimum atomic E-state index is -0.322. The van der Waals surface area contributed by atoms with Crippen LogP contribution in [-0.2, 0) is 28.0 Å². The van der Waals surface area contributed by atoms with Crippen molar-refractivity contribution in [3.05, 3.63) is 107 Å². The van der Waals surface area contributed by atoms with Gasteiger partial charge in [0, 0.05) is 56.1 Å². The second-order valence-corrected chi connectivity index (χ2v) is 14.5. The Bertz CT molecular complexity index is 1950. The molecule has 0 unspecified atom stereocenters. The number of ether oxygens (including phenoxy) is 2. The molecule has 7 rings (SSSR count). The first kappa shape index (κ1) is 33.9. The summed E-state index contributed by atoms with van der Waals surface area (Å²) in [6, 6.07) is 29.1. The zero-order valence-corrected chi connectivity index (χ0v) is 29.7. The van der Waals surface area contributed by atoms with Crippen molar-refractivity contribution in [2.24, 2.45) is 0 Å². The molecule has 2 N–H and O–H groups in total. The van der Waals surface area contributed by atoms with Crippen LogP contribution < -0.4 is 10.6 Å². The van der Waals surface area contributed by atoms with Crippen molar-refractivity contribution in [1.29, 1.82) is 0 Å². The zero-order chi connectivity index (χ0) is 34.7. The van der Waals surface area contributed by atoms with Gasteiger partial charge in [0.2, 0.25) is 0 Å². The van der Waals surface area contributed by atoms with Crippen LogP contribution in [0.25, 0.3) is 27.6 Å².